The van der Waals surface area contributed by atoms with E-state index in [1.54, 1.807) is 11.8 Å². The van der Waals surface area contributed by atoms with Gasteiger partial charge in [0, 0.05) is 21.7 Å². The second kappa shape index (κ2) is 9.23. The van der Waals surface area contributed by atoms with Gasteiger partial charge in [0.2, 0.25) is 0 Å². The van der Waals surface area contributed by atoms with Gasteiger partial charge in [0.15, 0.2) is 5.13 Å². The number of esters is 1. The van der Waals surface area contributed by atoms with Gasteiger partial charge in [0.05, 0.1) is 17.0 Å². The standard InChI is InChI=1S/C17H15ClN2O2S3.BrH/c1-9-11(18)5-4-6-12(9)19-17-20-13(8-24-17)10-7-14(15(21)22-2)25-16(10)23-3;/h4-8H,1-3H3,(H,19,20);1H. The highest BCUT2D eigenvalue weighted by Crippen LogP contribution is 2.39. The minimum absolute atomic E-state index is 0. The number of benzene rings is 1. The summed E-state index contributed by atoms with van der Waals surface area (Å²) in [6, 6.07) is 7.57. The van der Waals surface area contributed by atoms with Crippen molar-refractivity contribution in [3.8, 4) is 11.3 Å². The molecule has 138 valence electrons. The number of ether oxygens (including phenoxy) is 1. The van der Waals surface area contributed by atoms with Gasteiger partial charge in [-0.15, -0.1) is 51.4 Å². The summed E-state index contributed by atoms with van der Waals surface area (Å²) in [4.78, 5) is 17.0. The second-order valence-electron chi connectivity index (χ2n) is 5.08. The summed E-state index contributed by atoms with van der Waals surface area (Å²) in [5, 5.41) is 6.78. The van der Waals surface area contributed by atoms with E-state index in [1.807, 2.05) is 42.8 Å². The number of hydrogen-bond acceptors (Lipinski definition) is 7. The van der Waals surface area contributed by atoms with E-state index in [-0.39, 0.29) is 23.0 Å². The topological polar surface area (TPSA) is 51.2 Å². The minimum Gasteiger partial charge on any atom is -0.465 e. The highest BCUT2D eigenvalue weighted by atomic mass is 79.9. The van der Waals surface area contributed by atoms with Crippen LogP contribution in [0.5, 0.6) is 0 Å². The molecule has 4 nitrogen and oxygen atoms in total. The maximum absolute atomic E-state index is 11.8. The van der Waals surface area contributed by atoms with Crippen LogP contribution in [0, 0.1) is 6.92 Å². The Hall–Kier alpha value is -1.06. The zero-order valence-corrected chi connectivity index (χ0v) is 19.1. The molecular weight excluding hydrogens is 476 g/mol. The van der Waals surface area contributed by atoms with Gasteiger partial charge in [-0.05, 0) is 36.9 Å². The van der Waals surface area contributed by atoms with E-state index in [9.17, 15) is 4.79 Å². The Morgan fingerprint density at radius 1 is 1.38 bits per heavy atom. The number of hydrogen-bond donors (Lipinski definition) is 1. The van der Waals surface area contributed by atoms with Crippen molar-refractivity contribution in [2.45, 2.75) is 11.1 Å². The van der Waals surface area contributed by atoms with Crippen LogP contribution >= 0.6 is 63.0 Å². The summed E-state index contributed by atoms with van der Waals surface area (Å²) in [5.74, 6) is -0.324. The third-order valence-corrected chi connectivity index (χ3v) is 6.98. The quantitative estimate of drug-likeness (QED) is 0.319. The van der Waals surface area contributed by atoms with Gasteiger partial charge in [0.25, 0.3) is 0 Å². The first kappa shape index (κ1) is 21.2. The van der Waals surface area contributed by atoms with Crippen LogP contribution < -0.4 is 5.32 Å². The molecule has 0 fully saturated rings. The third kappa shape index (κ3) is 4.43. The fourth-order valence-corrected chi connectivity index (χ4v) is 4.92. The number of halogens is 2. The Morgan fingerprint density at radius 2 is 2.15 bits per heavy atom. The summed E-state index contributed by atoms with van der Waals surface area (Å²) in [6.45, 7) is 1.96. The first-order chi connectivity index (χ1) is 12.0. The van der Waals surface area contributed by atoms with Crippen molar-refractivity contribution in [3.05, 3.63) is 45.1 Å². The van der Waals surface area contributed by atoms with E-state index in [4.69, 9.17) is 16.3 Å². The molecule has 9 heteroatoms. The van der Waals surface area contributed by atoms with Crippen molar-refractivity contribution < 1.29 is 9.53 Å². The third-order valence-electron chi connectivity index (χ3n) is 3.56. The molecule has 2 aromatic heterocycles. The highest BCUT2D eigenvalue weighted by molar-refractivity contribution is 8.93. The minimum atomic E-state index is -0.324. The van der Waals surface area contributed by atoms with Crippen LogP contribution in [0.3, 0.4) is 0 Å². The highest BCUT2D eigenvalue weighted by Gasteiger charge is 2.18. The van der Waals surface area contributed by atoms with Crippen molar-refractivity contribution in [2.24, 2.45) is 0 Å². The van der Waals surface area contributed by atoms with Crippen LogP contribution in [-0.4, -0.2) is 24.3 Å². The Balaban J connectivity index is 0.00000243. The molecule has 0 saturated carbocycles. The lowest BCUT2D eigenvalue weighted by atomic mass is 10.2. The Bertz CT molecular complexity index is 927. The van der Waals surface area contributed by atoms with Gasteiger partial charge in [-0.3, -0.25) is 0 Å². The van der Waals surface area contributed by atoms with Crippen molar-refractivity contribution in [3.63, 3.8) is 0 Å². The second-order valence-corrected chi connectivity index (χ2v) is 8.48. The predicted molar refractivity (Wildman–Crippen MR) is 118 cm³/mol. The van der Waals surface area contributed by atoms with Gasteiger partial charge in [-0.25, -0.2) is 9.78 Å². The average Bonchev–Trinajstić information content (AvgIpc) is 3.24. The first-order valence-electron chi connectivity index (χ1n) is 7.27. The molecule has 0 atom stereocenters. The zero-order chi connectivity index (χ0) is 18.0. The number of nitrogens with one attached hydrogen (secondary N) is 1. The van der Waals surface area contributed by atoms with E-state index in [2.05, 4.69) is 10.3 Å². The van der Waals surface area contributed by atoms with Crippen molar-refractivity contribution >= 4 is 79.8 Å². The van der Waals surface area contributed by atoms with Crippen molar-refractivity contribution in [1.29, 1.82) is 0 Å². The number of carbonyl (C=O) groups is 1. The molecule has 1 N–H and O–H groups in total. The number of methoxy groups -OCH3 is 1. The average molecular weight is 492 g/mol. The molecule has 1 aromatic carbocycles. The van der Waals surface area contributed by atoms with Crippen LogP contribution in [0.1, 0.15) is 15.2 Å². The summed E-state index contributed by atoms with van der Waals surface area (Å²) in [6.07, 6.45) is 1.98. The van der Waals surface area contributed by atoms with Crippen LogP contribution in [0.15, 0.2) is 33.9 Å². The zero-order valence-electron chi connectivity index (χ0n) is 14.2. The number of rotatable bonds is 5. The summed E-state index contributed by atoms with van der Waals surface area (Å²) < 4.78 is 5.85. The number of carbonyl (C=O) groups excluding carboxylic acids is 1. The summed E-state index contributed by atoms with van der Waals surface area (Å²) >= 11 is 10.7. The Labute approximate surface area is 179 Å². The van der Waals surface area contributed by atoms with E-state index < -0.39 is 0 Å². The maximum Gasteiger partial charge on any atom is 0.348 e. The normalized spacial score (nSPS) is 10.3. The number of thiazole rings is 1. The van der Waals surface area contributed by atoms with Crippen molar-refractivity contribution in [1.82, 2.24) is 4.98 Å². The van der Waals surface area contributed by atoms with E-state index in [0.29, 0.717) is 9.90 Å². The van der Waals surface area contributed by atoms with E-state index >= 15 is 0 Å². The van der Waals surface area contributed by atoms with Crippen LogP contribution in [0.25, 0.3) is 11.3 Å². The van der Waals surface area contributed by atoms with Crippen molar-refractivity contribution in [2.75, 3.05) is 18.7 Å². The van der Waals surface area contributed by atoms with Gasteiger partial charge in [-0.1, -0.05) is 17.7 Å². The number of anilines is 2. The van der Waals surface area contributed by atoms with E-state index in [1.165, 1.54) is 29.8 Å². The van der Waals surface area contributed by atoms with E-state index in [0.717, 1.165) is 31.8 Å². The number of thiophene rings is 1. The maximum atomic E-state index is 11.8. The molecule has 0 unspecified atom stereocenters. The Kier molecular flexibility index (Phi) is 7.54. The van der Waals surface area contributed by atoms with Crippen LogP contribution in [0.4, 0.5) is 10.8 Å². The molecule has 0 saturated heterocycles. The van der Waals surface area contributed by atoms with Gasteiger partial charge in [-0.2, -0.15) is 0 Å². The number of nitrogens with zero attached hydrogens (tertiary/aromatic N) is 1. The molecule has 2 heterocycles. The molecule has 0 spiro atoms. The first-order valence-corrected chi connectivity index (χ1v) is 10.6. The fourth-order valence-electron chi connectivity index (χ4n) is 2.22. The summed E-state index contributed by atoms with van der Waals surface area (Å²) in [7, 11) is 1.39. The fraction of sp³-hybridized carbons (Fsp3) is 0.176. The molecular formula is C17H16BrClN2O2S3. The molecule has 3 rings (SSSR count). The van der Waals surface area contributed by atoms with Gasteiger partial charge < -0.3 is 10.1 Å². The van der Waals surface area contributed by atoms with Gasteiger partial charge in [0.1, 0.15) is 4.88 Å². The lowest BCUT2D eigenvalue weighted by Crippen LogP contribution is -1.96. The van der Waals surface area contributed by atoms with Gasteiger partial charge >= 0.3 is 5.97 Å². The largest absolute Gasteiger partial charge is 0.465 e. The molecule has 0 bridgehead atoms. The van der Waals surface area contributed by atoms with Crippen LogP contribution in [0.2, 0.25) is 5.02 Å². The smallest absolute Gasteiger partial charge is 0.348 e. The molecule has 0 radical (unpaired) electrons. The SMILES string of the molecule is Br.COC(=O)c1cc(-c2csc(Nc3cccc(Cl)c3C)n2)c(SC)s1. The molecule has 0 aliphatic heterocycles. The Morgan fingerprint density at radius 3 is 2.85 bits per heavy atom. The number of aromatic nitrogens is 1. The molecule has 26 heavy (non-hydrogen) atoms. The number of thioether (sulfide) groups is 1. The lowest BCUT2D eigenvalue weighted by Gasteiger charge is -2.07. The lowest BCUT2D eigenvalue weighted by molar-refractivity contribution is 0.0606. The molecule has 0 aliphatic rings. The molecule has 0 aliphatic carbocycles. The monoisotopic (exact) mass is 490 g/mol. The summed E-state index contributed by atoms with van der Waals surface area (Å²) in [5.41, 5.74) is 3.70. The predicted octanol–water partition coefficient (Wildman–Crippen LogP) is 6.66. The molecule has 0 amide bonds. The molecule has 3 aromatic rings. The van der Waals surface area contributed by atoms with Crippen LogP contribution in [-0.2, 0) is 4.74 Å².